The number of carbonyl (C=O) groups excluding carboxylic acids is 1. The average molecular weight is 409 g/mol. The standard InChI is InChI=1S/C22H20N2O2S2/c1-26-19-6-3-2-5-18(19)23-12-14-24(15-13-23)22(25)11-9-17-8-10-21(28-17)20-7-4-16-27-20/h2-8,10,16H,12-15H2,1H3. The van der Waals surface area contributed by atoms with Crippen molar-refractivity contribution in [3.63, 3.8) is 0 Å². The minimum absolute atomic E-state index is 0.106. The van der Waals surface area contributed by atoms with Gasteiger partial charge in [-0.1, -0.05) is 18.2 Å². The Hall–Kier alpha value is -2.75. The van der Waals surface area contributed by atoms with Crippen molar-refractivity contribution in [3.8, 4) is 27.3 Å². The van der Waals surface area contributed by atoms with E-state index < -0.39 is 0 Å². The average Bonchev–Trinajstić information content (AvgIpc) is 3.44. The minimum Gasteiger partial charge on any atom is -0.495 e. The number of hydrogen-bond acceptors (Lipinski definition) is 5. The Morgan fingerprint density at radius 2 is 1.82 bits per heavy atom. The van der Waals surface area contributed by atoms with Gasteiger partial charge < -0.3 is 14.5 Å². The van der Waals surface area contributed by atoms with Crippen LogP contribution in [0, 0.1) is 11.8 Å². The normalized spacial score (nSPS) is 13.8. The number of para-hydroxylation sites is 2. The molecule has 6 heteroatoms. The van der Waals surface area contributed by atoms with Crippen molar-refractivity contribution in [1.29, 1.82) is 0 Å². The van der Waals surface area contributed by atoms with Crippen LogP contribution in [0.3, 0.4) is 0 Å². The monoisotopic (exact) mass is 408 g/mol. The predicted octanol–water partition coefficient (Wildman–Crippen LogP) is 4.19. The second-order valence-electron chi connectivity index (χ2n) is 6.34. The maximum atomic E-state index is 12.5. The van der Waals surface area contributed by atoms with Gasteiger partial charge in [0, 0.05) is 41.9 Å². The summed E-state index contributed by atoms with van der Waals surface area (Å²) in [6, 6.07) is 16.2. The van der Waals surface area contributed by atoms with Gasteiger partial charge in [-0.15, -0.1) is 22.7 Å². The predicted molar refractivity (Wildman–Crippen MR) is 116 cm³/mol. The highest BCUT2D eigenvalue weighted by molar-refractivity contribution is 7.21. The summed E-state index contributed by atoms with van der Waals surface area (Å²) < 4.78 is 5.45. The number of hydrogen-bond donors (Lipinski definition) is 0. The summed E-state index contributed by atoms with van der Waals surface area (Å²) >= 11 is 3.34. The molecule has 0 spiro atoms. The van der Waals surface area contributed by atoms with E-state index in [1.807, 2.05) is 35.2 Å². The second-order valence-corrected chi connectivity index (χ2v) is 8.37. The Labute approximate surface area is 173 Å². The molecule has 1 saturated heterocycles. The van der Waals surface area contributed by atoms with Crippen LogP contribution in [0.5, 0.6) is 5.75 Å². The molecule has 0 atom stereocenters. The molecule has 4 rings (SSSR count). The molecule has 0 aliphatic carbocycles. The van der Waals surface area contributed by atoms with Crippen molar-refractivity contribution >= 4 is 34.3 Å². The first-order chi connectivity index (χ1) is 13.7. The number of ether oxygens (including phenoxy) is 1. The Bertz CT molecular complexity index is 1010. The summed E-state index contributed by atoms with van der Waals surface area (Å²) in [4.78, 5) is 19.9. The zero-order valence-electron chi connectivity index (χ0n) is 15.6. The lowest BCUT2D eigenvalue weighted by Gasteiger charge is -2.35. The number of carbonyl (C=O) groups is 1. The van der Waals surface area contributed by atoms with E-state index in [2.05, 4.69) is 40.3 Å². The van der Waals surface area contributed by atoms with E-state index >= 15 is 0 Å². The largest absolute Gasteiger partial charge is 0.495 e. The molecule has 3 heterocycles. The van der Waals surface area contributed by atoms with E-state index in [1.165, 1.54) is 9.75 Å². The SMILES string of the molecule is COc1ccccc1N1CCN(C(=O)C#Cc2ccc(-c3cccs3)s2)CC1. The minimum atomic E-state index is -0.106. The lowest BCUT2D eigenvalue weighted by atomic mass is 10.2. The first-order valence-electron chi connectivity index (χ1n) is 9.07. The van der Waals surface area contributed by atoms with Crippen molar-refractivity contribution in [3.05, 3.63) is 58.8 Å². The van der Waals surface area contributed by atoms with Gasteiger partial charge in [-0.05, 0) is 41.6 Å². The summed E-state index contributed by atoms with van der Waals surface area (Å²) in [5.74, 6) is 6.60. The number of anilines is 1. The van der Waals surface area contributed by atoms with Crippen LogP contribution in [0.1, 0.15) is 4.88 Å². The van der Waals surface area contributed by atoms with Gasteiger partial charge in [0.2, 0.25) is 0 Å². The highest BCUT2D eigenvalue weighted by Gasteiger charge is 2.21. The molecule has 0 bridgehead atoms. The molecule has 3 aromatic rings. The van der Waals surface area contributed by atoms with E-state index in [-0.39, 0.29) is 5.91 Å². The van der Waals surface area contributed by atoms with Crippen molar-refractivity contribution in [1.82, 2.24) is 4.90 Å². The quantitative estimate of drug-likeness (QED) is 0.610. The van der Waals surface area contributed by atoms with E-state index in [0.717, 1.165) is 29.4 Å². The van der Waals surface area contributed by atoms with Crippen LogP contribution in [-0.2, 0) is 4.79 Å². The summed E-state index contributed by atoms with van der Waals surface area (Å²) in [6.07, 6.45) is 0. The molecule has 1 aromatic carbocycles. The van der Waals surface area contributed by atoms with Gasteiger partial charge in [-0.3, -0.25) is 4.79 Å². The number of methoxy groups -OCH3 is 1. The molecular weight excluding hydrogens is 388 g/mol. The molecule has 0 unspecified atom stereocenters. The smallest absolute Gasteiger partial charge is 0.298 e. The molecule has 1 fully saturated rings. The number of benzene rings is 1. The molecule has 0 radical (unpaired) electrons. The summed E-state index contributed by atoms with van der Waals surface area (Å²) in [5, 5.41) is 2.06. The molecule has 0 N–H and O–H groups in total. The van der Waals surface area contributed by atoms with Gasteiger partial charge in [0.05, 0.1) is 17.7 Å². The number of nitrogens with zero attached hydrogens (tertiary/aromatic N) is 2. The van der Waals surface area contributed by atoms with Gasteiger partial charge >= 0.3 is 0 Å². The lowest BCUT2D eigenvalue weighted by molar-refractivity contribution is -0.125. The number of amides is 1. The van der Waals surface area contributed by atoms with Gasteiger partial charge in [0.25, 0.3) is 5.91 Å². The van der Waals surface area contributed by atoms with Crippen molar-refractivity contribution in [2.24, 2.45) is 0 Å². The Morgan fingerprint density at radius 3 is 2.57 bits per heavy atom. The number of piperazine rings is 1. The van der Waals surface area contributed by atoms with Crippen molar-refractivity contribution in [2.75, 3.05) is 38.2 Å². The summed E-state index contributed by atoms with van der Waals surface area (Å²) in [7, 11) is 1.68. The maximum Gasteiger partial charge on any atom is 0.298 e. The van der Waals surface area contributed by atoms with Crippen LogP contribution in [0.15, 0.2) is 53.9 Å². The van der Waals surface area contributed by atoms with Crippen molar-refractivity contribution in [2.45, 2.75) is 0 Å². The van der Waals surface area contributed by atoms with E-state index in [0.29, 0.717) is 13.1 Å². The van der Waals surface area contributed by atoms with Crippen LogP contribution in [0.4, 0.5) is 5.69 Å². The third kappa shape index (κ3) is 4.06. The fraction of sp³-hybridized carbons (Fsp3) is 0.227. The van der Waals surface area contributed by atoms with Crippen LogP contribution in [0.25, 0.3) is 9.75 Å². The third-order valence-electron chi connectivity index (χ3n) is 4.66. The van der Waals surface area contributed by atoms with E-state index in [9.17, 15) is 4.79 Å². The first kappa shape index (κ1) is 18.6. The third-order valence-corrected chi connectivity index (χ3v) is 6.72. The molecule has 2 aromatic heterocycles. The Kier molecular flexibility index (Phi) is 5.65. The van der Waals surface area contributed by atoms with Crippen molar-refractivity contribution < 1.29 is 9.53 Å². The molecule has 0 saturated carbocycles. The van der Waals surface area contributed by atoms with Crippen LogP contribution in [-0.4, -0.2) is 44.1 Å². The molecule has 142 valence electrons. The highest BCUT2D eigenvalue weighted by Crippen LogP contribution is 2.31. The van der Waals surface area contributed by atoms with Gasteiger partial charge in [0.15, 0.2) is 0 Å². The first-order valence-corrected chi connectivity index (χ1v) is 10.8. The fourth-order valence-corrected chi connectivity index (χ4v) is 4.89. The Morgan fingerprint density at radius 1 is 1.00 bits per heavy atom. The van der Waals surface area contributed by atoms with Gasteiger partial charge in [-0.2, -0.15) is 0 Å². The van der Waals surface area contributed by atoms with Crippen LogP contribution >= 0.6 is 22.7 Å². The summed E-state index contributed by atoms with van der Waals surface area (Å²) in [6.45, 7) is 2.87. The zero-order valence-corrected chi connectivity index (χ0v) is 17.2. The van der Waals surface area contributed by atoms with Gasteiger partial charge in [-0.25, -0.2) is 0 Å². The number of thiophene rings is 2. The second kappa shape index (κ2) is 8.51. The summed E-state index contributed by atoms with van der Waals surface area (Å²) in [5.41, 5.74) is 1.07. The Balaban J connectivity index is 1.37. The zero-order chi connectivity index (χ0) is 19.3. The van der Waals surface area contributed by atoms with Crippen LogP contribution < -0.4 is 9.64 Å². The van der Waals surface area contributed by atoms with Crippen LogP contribution in [0.2, 0.25) is 0 Å². The number of rotatable bonds is 3. The fourth-order valence-electron chi connectivity index (χ4n) is 3.19. The molecule has 4 nitrogen and oxygen atoms in total. The van der Waals surface area contributed by atoms with Gasteiger partial charge in [0.1, 0.15) is 5.75 Å². The topological polar surface area (TPSA) is 32.8 Å². The molecule has 28 heavy (non-hydrogen) atoms. The molecule has 1 amide bonds. The highest BCUT2D eigenvalue weighted by atomic mass is 32.1. The molecular formula is C22H20N2O2S2. The molecule has 1 aliphatic heterocycles. The molecule has 1 aliphatic rings. The lowest BCUT2D eigenvalue weighted by Crippen LogP contribution is -2.48. The van der Waals surface area contributed by atoms with E-state index in [1.54, 1.807) is 29.8 Å². The maximum absolute atomic E-state index is 12.5. The van der Waals surface area contributed by atoms with E-state index in [4.69, 9.17) is 4.74 Å².